The van der Waals surface area contributed by atoms with Gasteiger partial charge in [-0.05, 0) is 56.7 Å². The van der Waals surface area contributed by atoms with Crippen molar-refractivity contribution in [1.29, 1.82) is 5.26 Å². The van der Waals surface area contributed by atoms with Crippen LogP contribution >= 0.6 is 0 Å². The van der Waals surface area contributed by atoms with Gasteiger partial charge in [0.2, 0.25) is 0 Å². The lowest BCUT2D eigenvalue weighted by molar-refractivity contribution is -0.128. The number of likely N-dealkylation sites (tertiary alicyclic amines) is 1. The highest BCUT2D eigenvalue weighted by Gasteiger charge is 2.24. The van der Waals surface area contributed by atoms with Crippen molar-refractivity contribution < 1.29 is 4.79 Å². The van der Waals surface area contributed by atoms with Crippen LogP contribution in [-0.2, 0) is 11.3 Å². The first-order valence-corrected chi connectivity index (χ1v) is 8.55. The lowest BCUT2D eigenvalue weighted by atomic mass is 9.99. The van der Waals surface area contributed by atoms with Crippen molar-refractivity contribution in [3.05, 3.63) is 28.6 Å². The van der Waals surface area contributed by atoms with E-state index in [-0.39, 0.29) is 11.5 Å². The quantitative estimate of drug-likeness (QED) is 0.629. The summed E-state index contributed by atoms with van der Waals surface area (Å²) in [7, 11) is 0. The summed E-state index contributed by atoms with van der Waals surface area (Å²) in [5.41, 5.74) is 3.52. The van der Waals surface area contributed by atoms with E-state index < -0.39 is 0 Å². The van der Waals surface area contributed by atoms with Crippen molar-refractivity contribution in [2.45, 2.75) is 53.5 Å². The number of carbonyl (C=O) groups excluding carboxylic acids is 1. The van der Waals surface area contributed by atoms with E-state index in [4.69, 9.17) is 0 Å². The van der Waals surface area contributed by atoms with Crippen LogP contribution in [0.1, 0.15) is 50.1 Å². The molecular weight excluding hydrogens is 286 g/mol. The molecule has 1 aromatic heterocycles. The fourth-order valence-corrected chi connectivity index (χ4v) is 3.38. The number of carbonyl (C=O) groups is 1. The highest BCUT2D eigenvalue weighted by Crippen LogP contribution is 2.21. The molecule has 0 saturated carbocycles. The Hall–Kier alpha value is -2.02. The van der Waals surface area contributed by atoms with Gasteiger partial charge >= 0.3 is 0 Å². The number of rotatable bonds is 4. The third-order valence-electron chi connectivity index (χ3n) is 4.65. The summed E-state index contributed by atoms with van der Waals surface area (Å²) in [5, 5.41) is 9.45. The van der Waals surface area contributed by atoms with Crippen LogP contribution in [0.4, 0.5) is 0 Å². The summed E-state index contributed by atoms with van der Waals surface area (Å²) in [6.07, 6.45) is 5.01. The Balaban J connectivity index is 2.27. The molecule has 4 nitrogen and oxygen atoms in total. The molecule has 1 aliphatic heterocycles. The zero-order chi connectivity index (χ0) is 17.0. The summed E-state index contributed by atoms with van der Waals surface area (Å²) >= 11 is 0. The Kier molecular flexibility index (Phi) is 5.65. The maximum atomic E-state index is 12.6. The van der Waals surface area contributed by atoms with Gasteiger partial charge in [-0.2, -0.15) is 5.26 Å². The molecule has 1 fully saturated rings. The van der Waals surface area contributed by atoms with Crippen molar-refractivity contribution in [3.63, 3.8) is 0 Å². The number of hydrogen-bond donors (Lipinski definition) is 0. The van der Waals surface area contributed by atoms with Crippen molar-refractivity contribution in [2.24, 2.45) is 5.92 Å². The molecule has 0 aromatic carbocycles. The highest BCUT2D eigenvalue weighted by atomic mass is 16.2. The van der Waals surface area contributed by atoms with Crippen molar-refractivity contribution in [2.75, 3.05) is 13.1 Å². The number of amides is 1. The summed E-state index contributed by atoms with van der Waals surface area (Å²) in [5.74, 6) is 0.390. The molecule has 4 heteroatoms. The van der Waals surface area contributed by atoms with E-state index in [0.717, 1.165) is 50.2 Å². The minimum atomic E-state index is -0.126. The third-order valence-corrected chi connectivity index (χ3v) is 4.65. The smallest absolute Gasteiger partial charge is 0.264 e. The minimum absolute atomic E-state index is 0.126. The number of piperidine rings is 1. The normalized spacial score (nSPS) is 18.8. The molecule has 1 atom stereocenters. The summed E-state index contributed by atoms with van der Waals surface area (Å²) in [6, 6.07) is 4.17. The molecular formula is C19H27N3O. The monoisotopic (exact) mass is 313 g/mol. The summed E-state index contributed by atoms with van der Waals surface area (Å²) in [4.78, 5) is 14.5. The van der Waals surface area contributed by atoms with Gasteiger partial charge in [-0.15, -0.1) is 0 Å². The van der Waals surface area contributed by atoms with Crippen LogP contribution < -0.4 is 0 Å². The SMILES string of the molecule is CCCn1c(C)cc(/C=C(\C#N)C(=O)N2CCCC(C)C2)c1C. The van der Waals surface area contributed by atoms with Crippen LogP contribution in [0, 0.1) is 31.1 Å². The predicted octanol–water partition coefficient (Wildman–Crippen LogP) is 3.68. The minimum Gasteiger partial charge on any atom is -0.349 e. The zero-order valence-electron chi connectivity index (χ0n) is 14.7. The second-order valence-corrected chi connectivity index (χ2v) is 6.65. The average molecular weight is 313 g/mol. The first-order chi connectivity index (χ1) is 11.0. The molecule has 0 N–H and O–H groups in total. The molecule has 0 aliphatic carbocycles. The highest BCUT2D eigenvalue weighted by molar-refractivity contribution is 6.01. The number of aryl methyl sites for hydroxylation is 1. The van der Waals surface area contributed by atoms with Crippen molar-refractivity contribution in [1.82, 2.24) is 9.47 Å². The van der Waals surface area contributed by atoms with Crippen LogP contribution in [-0.4, -0.2) is 28.5 Å². The number of nitriles is 1. The number of nitrogens with zero attached hydrogens (tertiary/aromatic N) is 3. The van der Waals surface area contributed by atoms with Crippen LogP contribution in [0.3, 0.4) is 0 Å². The van der Waals surface area contributed by atoms with E-state index in [9.17, 15) is 10.1 Å². The molecule has 0 bridgehead atoms. The van der Waals surface area contributed by atoms with E-state index in [0.29, 0.717) is 5.92 Å². The second-order valence-electron chi connectivity index (χ2n) is 6.65. The lowest BCUT2D eigenvalue weighted by Crippen LogP contribution is -2.39. The van der Waals surface area contributed by atoms with Crippen LogP contribution in [0.2, 0.25) is 0 Å². The summed E-state index contributed by atoms with van der Waals surface area (Å²) < 4.78 is 2.24. The van der Waals surface area contributed by atoms with Gasteiger partial charge in [-0.3, -0.25) is 4.79 Å². The second kappa shape index (κ2) is 7.50. The molecule has 1 aliphatic rings. The Morgan fingerprint density at radius 1 is 1.48 bits per heavy atom. The van der Waals surface area contributed by atoms with Gasteiger partial charge in [0.05, 0.1) is 0 Å². The third kappa shape index (κ3) is 3.85. The van der Waals surface area contributed by atoms with Crippen LogP contribution in [0.25, 0.3) is 6.08 Å². The molecule has 1 saturated heterocycles. The van der Waals surface area contributed by atoms with E-state index in [1.807, 2.05) is 4.90 Å². The van der Waals surface area contributed by atoms with Crippen molar-refractivity contribution >= 4 is 12.0 Å². The maximum absolute atomic E-state index is 12.6. The Labute approximate surface area is 139 Å². The molecule has 1 unspecified atom stereocenters. The van der Waals surface area contributed by atoms with E-state index in [1.54, 1.807) is 6.08 Å². The molecule has 2 rings (SSSR count). The average Bonchev–Trinajstić information content (AvgIpc) is 2.80. The largest absolute Gasteiger partial charge is 0.349 e. The van der Waals surface area contributed by atoms with Crippen LogP contribution in [0.15, 0.2) is 11.6 Å². The standard InChI is InChI=1S/C19H27N3O/c1-5-8-22-15(3)10-17(16(22)4)11-18(12-20)19(23)21-9-6-7-14(2)13-21/h10-11,14H,5-9,13H2,1-4H3/b18-11+. The fourth-order valence-electron chi connectivity index (χ4n) is 3.38. The predicted molar refractivity (Wildman–Crippen MR) is 92.8 cm³/mol. The molecule has 23 heavy (non-hydrogen) atoms. The fraction of sp³-hybridized carbons (Fsp3) is 0.579. The topological polar surface area (TPSA) is 49.0 Å². The maximum Gasteiger partial charge on any atom is 0.264 e. The van der Waals surface area contributed by atoms with Gasteiger partial charge in [0.25, 0.3) is 5.91 Å². The van der Waals surface area contributed by atoms with Gasteiger partial charge in [0, 0.05) is 31.0 Å². The molecule has 1 amide bonds. The van der Waals surface area contributed by atoms with E-state index in [2.05, 4.69) is 44.4 Å². The van der Waals surface area contributed by atoms with Gasteiger partial charge < -0.3 is 9.47 Å². The molecule has 124 valence electrons. The molecule has 0 radical (unpaired) electrons. The van der Waals surface area contributed by atoms with Crippen LogP contribution in [0.5, 0.6) is 0 Å². The zero-order valence-corrected chi connectivity index (χ0v) is 14.7. The number of aromatic nitrogens is 1. The van der Waals surface area contributed by atoms with Crippen molar-refractivity contribution in [3.8, 4) is 6.07 Å². The molecule has 2 heterocycles. The van der Waals surface area contributed by atoms with E-state index in [1.165, 1.54) is 5.69 Å². The van der Waals surface area contributed by atoms with E-state index >= 15 is 0 Å². The Bertz CT molecular complexity index is 648. The van der Waals surface area contributed by atoms with Gasteiger partial charge in [-0.1, -0.05) is 13.8 Å². The molecule has 1 aromatic rings. The Morgan fingerprint density at radius 2 is 2.22 bits per heavy atom. The Morgan fingerprint density at radius 3 is 2.83 bits per heavy atom. The first-order valence-electron chi connectivity index (χ1n) is 8.55. The van der Waals surface area contributed by atoms with Gasteiger partial charge in [-0.25, -0.2) is 0 Å². The van der Waals surface area contributed by atoms with Gasteiger partial charge in [0.1, 0.15) is 11.6 Å². The lowest BCUT2D eigenvalue weighted by Gasteiger charge is -2.30. The number of hydrogen-bond acceptors (Lipinski definition) is 2. The van der Waals surface area contributed by atoms with Gasteiger partial charge in [0.15, 0.2) is 0 Å². The summed E-state index contributed by atoms with van der Waals surface area (Å²) in [6.45, 7) is 10.9. The first kappa shape index (κ1) is 17.3. The molecule has 0 spiro atoms.